The highest BCUT2D eigenvalue weighted by atomic mass is 16.1. The first-order chi connectivity index (χ1) is 7.63. The quantitative estimate of drug-likeness (QED) is 0.261. The maximum Gasteiger partial charge on any atom is 0.217 e. The number of hydrazine groups is 1. The zero-order chi connectivity index (χ0) is 12.0. The summed E-state index contributed by atoms with van der Waals surface area (Å²) in [5, 5.41) is 3.77. The molecule has 92 valence electrons. The summed E-state index contributed by atoms with van der Waals surface area (Å²) in [7, 11) is 1.99. The van der Waals surface area contributed by atoms with Crippen molar-refractivity contribution < 1.29 is 4.79 Å². The molecule has 0 bridgehead atoms. The number of carbonyl (C=O) groups excluding carboxylic acids is 1. The number of rotatable bonds is 5. The average Bonchev–Trinajstić information content (AvgIpc) is 2.26. The van der Waals surface area contributed by atoms with Gasteiger partial charge < -0.3 is 10.6 Å². The summed E-state index contributed by atoms with van der Waals surface area (Å²) in [4.78, 5) is 12.8. The Morgan fingerprint density at radius 1 is 1.50 bits per heavy atom. The number of hydrazone groups is 1. The van der Waals surface area contributed by atoms with Crippen molar-refractivity contribution in [2.45, 2.75) is 38.1 Å². The van der Waals surface area contributed by atoms with E-state index in [1.165, 1.54) is 0 Å². The molecule has 0 radical (unpaired) electrons. The number of nitrogens with zero attached hydrogens (tertiary/aromatic N) is 2. The number of primary amides is 1. The first-order valence-corrected chi connectivity index (χ1v) is 5.62. The van der Waals surface area contributed by atoms with Crippen LogP contribution in [0.2, 0.25) is 0 Å². The summed E-state index contributed by atoms with van der Waals surface area (Å²) in [6, 6.07) is 0.487. The number of carbonyl (C=O) groups is 1. The lowest BCUT2D eigenvalue weighted by molar-refractivity contribution is -0.119. The summed E-state index contributed by atoms with van der Waals surface area (Å²) in [6.07, 6.45) is 6.48. The van der Waals surface area contributed by atoms with Gasteiger partial charge in [-0.3, -0.25) is 4.79 Å². The Labute approximate surface area is 96.0 Å². The molecule has 1 saturated carbocycles. The Morgan fingerprint density at radius 3 is 2.62 bits per heavy atom. The van der Waals surface area contributed by atoms with Crippen LogP contribution < -0.4 is 17.1 Å². The molecule has 1 aliphatic carbocycles. The molecule has 1 rings (SSSR count). The van der Waals surface area contributed by atoms with Crippen LogP contribution in [0.4, 0.5) is 0 Å². The molecule has 6 heteroatoms. The Morgan fingerprint density at radius 2 is 2.12 bits per heavy atom. The molecule has 1 aliphatic rings. The standard InChI is InChI=1S/C10H21N5O/c1-15(7-13-14-12)9-4-2-8(3-5-9)6-10(11)16/h7-9,14H,2-6,12H2,1H3,(H2,11,16). The van der Waals surface area contributed by atoms with Gasteiger partial charge in [-0.15, -0.1) is 0 Å². The number of nitrogens with two attached hydrogens (primary N) is 2. The van der Waals surface area contributed by atoms with Crippen molar-refractivity contribution in [3.05, 3.63) is 0 Å². The van der Waals surface area contributed by atoms with Crippen LogP contribution in [0, 0.1) is 5.92 Å². The summed E-state index contributed by atoms with van der Waals surface area (Å²) in [5.74, 6) is 5.33. The predicted molar refractivity (Wildman–Crippen MR) is 63.1 cm³/mol. The highest BCUT2D eigenvalue weighted by Crippen LogP contribution is 2.28. The third-order valence-corrected chi connectivity index (χ3v) is 3.20. The molecular formula is C10H21N5O. The molecule has 0 spiro atoms. The van der Waals surface area contributed by atoms with E-state index in [9.17, 15) is 4.79 Å². The van der Waals surface area contributed by atoms with Crippen LogP contribution in [-0.2, 0) is 4.79 Å². The number of nitrogens with one attached hydrogen (secondary N) is 1. The van der Waals surface area contributed by atoms with Gasteiger partial charge in [0.05, 0.1) is 0 Å². The first kappa shape index (κ1) is 12.8. The molecule has 16 heavy (non-hydrogen) atoms. The van der Waals surface area contributed by atoms with Gasteiger partial charge in [0.2, 0.25) is 5.91 Å². The number of hydrogen-bond acceptors (Lipinski definition) is 4. The van der Waals surface area contributed by atoms with Crippen molar-refractivity contribution in [1.29, 1.82) is 0 Å². The van der Waals surface area contributed by atoms with Gasteiger partial charge in [0.15, 0.2) is 0 Å². The topological polar surface area (TPSA) is 96.7 Å². The van der Waals surface area contributed by atoms with Crippen molar-refractivity contribution in [3.8, 4) is 0 Å². The Bertz CT molecular complexity index is 248. The molecule has 0 heterocycles. The van der Waals surface area contributed by atoms with Crippen LogP contribution in [-0.4, -0.2) is 30.2 Å². The third-order valence-electron chi connectivity index (χ3n) is 3.20. The second-order valence-electron chi connectivity index (χ2n) is 4.38. The van der Waals surface area contributed by atoms with Crippen molar-refractivity contribution in [2.75, 3.05) is 7.05 Å². The second-order valence-corrected chi connectivity index (χ2v) is 4.38. The van der Waals surface area contributed by atoms with Crippen molar-refractivity contribution in [3.63, 3.8) is 0 Å². The fourth-order valence-corrected chi connectivity index (χ4v) is 2.26. The van der Waals surface area contributed by atoms with E-state index in [2.05, 4.69) is 15.5 Å². The minimum atomic E-state index is -0.189. The zero-order valence-corrected chi connectivity index (χ0v) is 9.72. The van der Waals surface area contributed by atoms with Crippen molar-refractivity contribution in [1.82, 2.24) is 10.4 Å². The fourth-order valence-electron chi connectivity index (χ4n) is 2.26. The van der Waals surface area contributed by atoms with Gasteiger partial charge >= 0.3 is 0 Å². The van der Waals surface area contributed by atoms with Gasteiger partial charge in [0.1, 0.15) is 6.34 Å². The number of amides is 1. The van der Waals surface area contributed by atoms with E-state index in [1.807, 2.05) is 7.05 Å². The smallest absolute Gasteiger partial charge is 0.217 e. The second kappa shape index (κ2) is 6.32. The lowest BCUT2D eigenvalue weighted by Crippen LogP contribution is -2.35. The summed E-state index contributed by atoms with van der Waals surface area (Å²) >= 11 is 0. The lowest BCUT2D eigenvalue weighted by atomic mass is 9.83. The summed E-state index contributed by atoms with van der Waals surface area (Å²) in [6.45, 7) is 0. The van der Waals surface area contributed by atoms with Crippen LogP contribution in [0.3, 0.4) is 0 Å². The van der Waals surface area contributed by atoms with Gasteiger partial charge in [0, 0.05) is 19.5 Å². The van der Waals surface area contributed by atoms with Gasteiger partial charge in [0.25, 0.3) is 0 Å². The molecule has 0 aromatic carbocycles. The predicted octanol–water partition coefficient (Wildman–Crippen LogP) is -0.241. The molecule has 0 unspecified atom stereocenters. The van der Waals surface area contributed by atoms with Crippen molar-refractivity contribution >= 4 is 12.2 Å². The van der Waals surface area contributed by atoms with Crippen molar-refractivity contribution in [2.24, 2.45) is 22.6 Å². The zero-order valence-electron chi connectivity index (χ0n) is 9.72. The molecule has 6 nitrogen and oxygen atoms in total. The Balaban J connectivity index is 2.31. The van der Waals surface area contributed by atoms with Crippen LogP contribution in [0.1, 0.15) is 32.1 Å². The molecule has 0 saturated heterocycles. The molecule has 0 aromatic rings. The van der Waals surface area contributed by atoms with Gasteiger partial charge in [-0.05, 0) is 31.6 Å². The summed E-state index contributed by atoms with van der Waals surface area (Å²) in [5.41, 5.74) is 7.43. The normalized spacial score (nSPS) is 25.6. The first-order valence-electron chi connectivity index (χ1n) is 5.62. The summed E-state index contributed by atoms with van der Waals surface area (Å²) < 4.78 is 0. The van der Waals surface area contributed by atoms with Gasteiger partial charge in [-0.25, -0.2) is 11.4 Å². The largest absolute Gasteiger partial charge is 0.370 e. The Kier molecular flexibility index (Phi) is 5.04. The lowest BCUT2D eigenvalue weighted by Gasteiger charge is -2.33. The average molecular weight is 227 g/mol. The molecule has 0 aliphatic heterocycles. The fraction of sp³-hybridized carbons (Fsp3) is 0.800. The third kappa shape index (κ3) is 4.06. The van der Waals surface area contributed by atoms with E-state index >= 15 is 0 Å². The van der Waals surface area contributed by atoms with E-state index < -0.39 is 0 Å². The molecule has 1 amide bonds. The van der Waals surface area contributed by atoms with Gasteiger partial charge in [-0.1, -0.05) is 0 Å². The van der Waals surface area contributed by atoms with Crippen LogP contribution in [0.25, 0.3) is 0 Å². The van der Waals surface area contributed by atoms with Gasteiger partial charge in [-0.2, -0.15) is 5.10 Å². The van der Waals surface area contributed by atoms with E-state index in [0.717, 1.165) is 25.7 Å². The number of hydrogen-bond donors (Lipinski definition) is 3. The highest BCUT2D eigenvalue weighted by molar-refractivity contribution is 5.74. The van der Waals surface area contributed by atoms with E-state index in [0.29, 0.717) is 18.4 Å². The minimum absolute atomic E-state index is 0.189. The molecule has 1 fully saturated rings. The maximum absolute atomic E-state index is 10.8. The molecule has 0 aromatic heterocycles. The monoisotopic (exact) mass is 227 g/mol. The van der Waals surface area contributed by atoms with Crippen LogP contribution in [0.5, 0.6) is 0 Å². The molecule has 0 atom stereocenters. The maximum atomic E-state index is 10.8. The van der Waals surface area contributed by atoms with E-state index in [1.54, 1.807) is 6.34 Å². The van der Waals surface area contributed by atoms with Crippen LogP contribution >= 0.6 is 0 Å². The Hall–Kier alpha value is -1.30. The van der Waals surface area contributed by atoms with E-state index in [4.69, 9.17) is 11.6 Å². The van der Waals surface area contributed by atoms with E-state index in [-0.39, 0.29) is 5.91 Å². The molecular weight excluding hydrogens is 206 g/mol. The molecule has 5 N–H and O–H groups in total. The SMILES string of the molecule is CN(C=NNN)C1CCC(CC(N)=O)CC1. The minimum Gasteiger partial charge on any atom is -0.370 e. The highest BCUT2D eigenvalue weighted by Gasteiger charge is 2.23. The van der Waals surface area contributed by atoms with Crippen LogP contribution in [0.15, 0.2) is 5.10 Å².